The first-order valence-corrected chi connectivity index (χ1v) is 11.9. The number of benzene rings is 1. The van der Waals surface area contributed by atoms with Gasteiger partial charge in [-0.15, -0.1) is 0 Å². The van der Waals surface area contributed by atoms with Crippen LogP contribution in [0.25, 0.3) is 0 Å². The third kappa shape index (κ3) is 7.04. The Morgan fingerprint density at radius 1 is 1.09 bits per heavy atom. The molecule has 35 heavy (non-hydrogen) atoms. The Balaban J connectivity index is 2.02. The van der Waals surface area contributed by atoms with E-state index in [4.69, 9.17) is 14.2 Å². The number of Topliss-reactive ketones (excluding diaryl/α,β-unsaturated/α-hetero) is 1. The molecule has 1 aromatic heterocycles. The summed E-state index contributed by atoms with van der Waals surface area (Å²) in [5.41, 5.74) is 1.18. The number of carbonyl (C=O) groups is 3. The molecule has 1 heterocycles. The number of methoxy groups -OCH3 is 2. The standard InChI is InChI=1S/C27H34N2O6/c1-27(2,3)35-26(32)29-23-16-19(33-4)13-14-20(23)21(24(30)17-9-6-7-10-17)15-18-11-8-12-22(28-18)25(31)34-5/h8,11-14,16-17,21H,6-7,9-10,15H2,1-5H3,(H,29,32). The molecule has 1 amide bonds. The molecule has 0 aliphatic heterocycles. The molecule has 188 valence electrons. The summed E-state index contributed by atoms with van der Waals surface area (Å²) in [5.74, 6) is -0.528. The van der Waals surface area contributed by atoms with E-state index in [9.17, 15) is 14.4 Å². The summed E-state index contributed by atoms with van der Waals surface area (Å²) in [5, 5.41) is 2.80. The molecule has 1 N–H and O–H groups in total. The van der Waals surface area contributed by atoms with Gasteiger partial charge in [-0.1, -0.05) is 25.0 Å². The number of rotatable bonds is 8. The first-order valence-electron chi connectivity index (χ1n) is 11.9. The first-order chi connectivity index (χ1) is 16.6. The minimum Gasteiger partial charge on any atom is -0.497 e. The summed E-state index contributed by atoms with van der Waals surface area (Å²) in [4.78, 5) is 42.8. The van der Waals surface area contributed by atoms with Crippen LogP contribution in [0.4, 0.5) is 10.5 Å². The van der Waals surface area contributed by atoms with Crippen molar-refractivity contribution in [3.05, 3.63) is 53.3 Å². The molecule has 1 aromatic carbocycles. The van der Waals surface area contributed by atoms with Gasteiger partial charge >= 0.3 is 12.1 Å². The van der Waals surface area contributed by atoms with Crippen molar-refractivity contribution in [2.24, 2.45) is 5.92 Å². The summed E-state index contributed by atoms with van der Waals surface area (Å²) in [6.45, 7) is 5.35. The molecule has 2 aromatic rings. The maximum Gasteiger partial charge on any atom is 0.412 e. The third-order valence-electron chi connectivity index (χ3n) is 5.99. The molecule has 0 bridgehead atoms. The average molecular weight is 483 g/mol. The van der Waals surface area contributed by atoms with Gasteiger partial charge in [-0.2, -0.15) is 0 Å². The summed E-state index contributed by atoms with van der Waals surface area (Å²) >= 11 is 0. The Morgan fingerprint density at radius 3 is 2.43 bits per heavy atom. The van der Waals surface area contributed by atoms with Gasteiger partial charge < -0.3 is 14.2 Å². The van der Waals surface area contributed by atoms with E-state index in [-0.39, 0.29) is 23.8 Å². The van der Waals surface area contributed by atoms with E-state index in [1.165, 1.54) is 14.2 Å². The Bertz CT molecular complexity index is 1070. The summed E-state index contributed by atoms with van der Waals surface area (Å²) in [7, 11) is 2.84. The lowest BCUT2D eigenvalue weighted by Gasteiger charge is -2.24. The largest absolute Gasteiger partial charge is 0.497 e. The molecule has 1 unspecified atom stereocenters. The number of hydrogen-bond donors (Lipinski definition) is 1. The van der Waals surface area contributed by atoms with Gasteiger partial charge in [0.15, 0.2) is 0 Å². The normalized spacial score (nSPS) is 14.8. The number of nitrogens with zero attached hydrogens (tertiary/aromatic N) is 1. The van der Waals surface area contributed by atoms with Crippen LogP contribution in [0, 0.1) is 5.92 Å². The summed E-state index contributed by atoms with van der Waals surface area (Å²) in [6.07, 6.45) is 3.38. The fourth-order valence-corrected chi connectivity index (χ4v) is 4.37. The summed E-state index contributed by atoms with van der Waals surface area (Å²) < 4.78 is 15.6. The first kappa shape index (κ1) is 26.2. The van der Waals surface area contributed by atoms with Crippen LogP contribution in [0.15, 0.2) is 36.4 Å². The molecule has 1 fully saturated rings. The molecule has 0 saturated heterocycles. The number of ketones is 1. The van der Waals surface area contributed by atoms with Gasteiger partial charge in [-0.05, 0) is 57.4 Å². The molecule has 1 atom stereocenters. The molecule has 3 rings (SSSR count). The van der Waals surface area contributed by atoms with E-state index in [0.29, 0.717) is 22.7 Å². The van der Waals surface area contributed by atoms with Crippen LogP contribution in [-0.4, -0.2) is 42.7 Å². The van der Waals surface area contributed by atoms with Crippen molar-refractivity contribution in [1.29, 1.82) is 0 Å². The molecule has 1 aliphatic rings. The molecule has 1 saturated carbocycles. The van der Waals surface area contributed by atoms with Crippen molar-refractivity contribution in [2.45, 2.75) is 64.4 Å². The zero-order chi connectivity index (χ0) is 25.6. The van der Waals surface area contributed by atoms with Crippen LogP contribution < -0.4 is 10.1 Å². The zero-order valence-electron chi connectivity index (χ0n) is 21.1. The highest BCUT2D eigenvalue weighted by Crippen LogP contribution is 2.37. The lowest BCUT2D eigenvalue weighted by Crippen LogP contribution is -2.28. The number of carbonyl (C=O) groups excluding carboxylic acids is 3. The quantitative estimate of drug-likeness (QED) is 0.509. The van der Waals surface area contributed by atoms with Gasteiger partial charge in [0.05, 0.1) is 25.8 Å². The van der Waals surface area contributed by atoms with E-state index in [1.807, 2.05) is 0 Å². The van der Waals surface area contributed by atoms with Crippen molar-refractivity contribution in [3.8, 4) is 5.75 Å². The van der Waals surface area contributed by atoms with E-state index in [2.05, 4.69) is 10.3 Å². The SMILES string of the molecule is COC(=O)c1cccc(CC(C(=O)C2CCCC2)c2ccc(OC)cc2NC(=O)OC(C)(C)C)n1. The van der Waals surface area contributed by atoms with Crippen molar-refractivity contribution in [2.75, 3.05) is 19.5 Å². The number of amides is 1. The van der Waals surface area contributed by atoms with E-state index >= 15 is 0 Å². The van der Waals surface area contributed by atoms with Crippen molar-refractivity contribution >= 4 is 23.5 Å². The van der Waals surface area contributed by atoms with Crippen LogP contribution in [-0.2, 0) is 20.7 Å². The Labute approximate surface area is 206 Å². The molecule has 0 radical (unpaired) electrons. The molecular weight excluding hydrogens is 448 g/mol. The molecule has 8 heteroatoms. The second-order valence-corrected chi connectivity index (χ2v) is 9.73. The number of ether oxygens (including phenoxy) is 3. The summed E-state index contributed by atoms with van der Waals surface area (Å²) in [6, 6.07) is 10.3. The number of anilines is 1. The lowest BCUT2D eigenvalue weighted by atomic mass is 9.82. The minimum atomic E-state index is -0.680. The minimum absolute atomic E-state index is 0.0553. The van der Waals surface area contributed by atoms with Crippen molar-refractivity contribution < 1.29 is 28.6 Å². The monoisotopic (exact) mass is 482 g/mol. The number of pyridine rings is 1. The lowest BCUT2D eigenvalue weighted by molar-refractivity contribution is -0.124. The smallest absolute Gasteiger partial charge is 0.412 e. The van der Waals surface area contributed by atoms with E-state index in [0.717, 1.165) is 25.7 Å². The Kier molecular flexibility index (Phi) is 8.48. The Hall–Kier alpha value is -3.42. The predicted octanol–water partition coefficient (Wildman–Crippen LogP) is 5.31. The molecule has 0 spiro atoms. The van der Waals surface area contributed by atoms with Gasteiger partial charge in [0.25, 0.3) is 0 Å². The van der Waals surface area contributed by atoms with Gasteiger partial charge in [0.1, 0.15) is 22.8 Å². The highest BCUT2D eigenvalue weighted by molar-refractivity contribution is 5.93. The maximum atomic E-state index is 13.8. The number of aromatic nitrogens is 1. The van der Waals surface area contributed by atoms with Gasteiger partial charge in [0, 0.05) is 24.1 Å². The van der Waals surface area contributed by atoms with Crippen molar-refractivity contribution in [3.63, 3.8) is 0 Å². The number of hydrogen-bond acceptors (Lipinski definition) is 7. The van der Waals surface area contributed by atoms with Crippen molar-refractivity contribution in [1.82, 2.24) is 4.98 Å². The second kappa shape index (κ2) is 11.3. The second-order valence-electron chi connectivity index (χ2n) is 9.73. The Morgan fingerprint density at radius 2 is 1.80 bits per heavy atom. The van der Waals surface area contributed by atoms with Crippen LogP contribution in [0.3, 0.4) is 0 Å². The van der Waals surface area contributed by atoms with Crippen LogP contribution in [0.1, 0.15) is 74.1 Å². The van der Waals surface area contributed by atoms with Crippen LogP contribution in [0.2, 0.25) is 0 Å². The molecule has 8 nitrogen and oxygen atoms in total. The molecule has 1 aliphatic carbocycles. The number of esters is 1. The maximum absolute atomic E-state index is 13.8. The van der Waals surface area contributed by atoms with Crippen LogP contribution in [0.5, 0.6) is 5.75 Å². The highest BCUT2D eigenvalue weighted by Gasteiger charge is 2.33. The van der Waals surface area contributed by atoms with E-state index < -0.39 is 23.6 Å². The van der Waals surface area contributed by atoms with Gasteiger partial charge in [-0.3, -0.25) is 10.1 Å². The zero-order valence-corrected chi connectivity index (χ0v) is 21.1. The average Bonchev–Trinajstić information content (AvgIpc) is 3.36. The fraction of sp³-hybridized carbons (Fsp3) is 0.481. The van der Waals surface area contributed by atoms with Crippen LogP contribution >= 0.6 is 0 Å². The highest BCUT2D eigenvalue weighted by atomic mass is 16.6. The van der Waals surface area contributed by atoms with Gasteiger partial charge in [-0.25, -0.2) is 14.6 Å². The predicted molar refractivity (Wildman–Crippen MR) is 132 cm³/mol. The molecular formula is C27H34N2O6. The third-order valence-corrected chi connectivity index (χ3v) is 5.99. The number of nitrogens with one attached hydrogen (secondary N) is 1. The fourth-order valence-electron chi connectivity index (χ4n) is 4.37. The van der Waals surface area contributed by atoms with Gasteiger partial charge in [0.2, 0.25) is 0 Å². The topological polar surface area (TPSA) is 104 Å². The van der Waals surface area contributed by atoms with E-state index in [1.54, 1.807) is 57.2 Å².